The zero-order chi connectivity index (χ0) is 12.1. The molecule has 1 aromatic carbocycles. The van der Waals surface area contributed by atoms with E-state index in [1.54, 1.807) is 0 Å². The summed E-state index contributed by atoms with van der Waals surface area (Å²) in [4.78, 5) is 0. The van der Waals surface area contributed by atoms with Crippen LogP contribution in [0.4, 0.5) is 0 Å². The Morgan fingerprint density at radius 3 is 2.94 bits per heavy atom. The van der Waals surface area contributed by atoms with E-state index < -0.39 is 0 Å². The van der Waals surface area contributed by atoms with Gasteiger partial charge in [0.1, 0.15) is 0 Å². The van der Waals surface area contributed by atoms with Gasteiger partial charge in [0.25, 0.3) is 0 Å². The third-order valence-electron chi connectivity index (χ3n) is 3.13. The summed E-state index contributed by atoms with van der Waals surface area (Å²) in [6, 6.07) is 8.39. The van der Waals surface area contributed by atoms with Gasteiger partial charge in [-0.25, -0.2) is 0 Å². The lowest BCUT2D eigenvalue weighted by atomic mass is 10.1. The van der Waals surface area contributed by atoms with Gasteiger partial charge in [-0.2, -0.15) is 0 Å². The summed E-state index contributed by atoms with van der Waals surface area (Å²) in [5.74, 6) is 0. The molecule has 94 valence electrons. The maximum Gasteiger partial charge on any atom is 0.0700 e. The number of ether oxygens (including phenoxy) is 1. The van der Waals surface area contributed by atoms with Crippen LogP contribution in [-0.4, -0.2) is 25.8 Å². The van der Waals surface area contributed by atoms with Crippen LogP contribution in [0, 0.1) is 0 Å². The molecule has 1 aliphatic rings. The first-order valence-corrected chi connectivity index (χ1v) is 6.90. The molecule has 1 aromatic rings. The molecular formula is C13H19BrN2O. The summed E-state index contributed by atoms with van der Waals surface area (Å²) in [7, 11) is 0. The van der Waals surface area contributed by atoms with Crippen molar-refractivity contribution in [2.75, 3.05) is 19.7 Å². The molecule has 1 saturated heterocycles. The van der Waals surface area contributed by atoms with E-state index in [1.165, 1.54) is 12.0 Å². The van der Waals surface area contributed by atoms with Crippen LogP contribution in [0.2, 0.25) is 0 Å². The van der Waals surface area contributed by atoms with Crippen molar-refractivity contribution in [1.82, 2.24) is 5.32 Å². The van der Waals surface area contributed by atoms with E-state index in [2.05, 4.69) is 27.3 Å². The Morgan fingerprint density at radius 2 is 2.29 bits per heavy atom. The second-order valence-corrected chi connectivity index (χ2v) is 5.21. The van der Waals surface area contributed by atoms with Gasteiger partial charge in [0.2, 0.25) is 0 Å². The van der Waals surface area contributed by atoms with Crippen LogP contribution in [0.25, 0.3) is 0 Å². The Kier molecular flexibility index (Phi) is 4.98. The molecule has 1 aliphatic heterocycles. The van der Waals surface area contributed by atoms with Gasteiger partial charge in [-0.3, -0.25) is 0 Å². The second-order valence-electron chi connectivity index (χ2n) is 4.35. The Bertz CT molecular complexity index is 353. The van der Waals surface area contributed by atoms with Crippen molar-refractivity contribution in [1.29, 1.82) is 0 Å². The lowest BCUT2D eigenvalue weighted by Gasteiger charge is -2.20. The molecule has 0 aromatic heterocycles. The first-order valence-electron chi connectivity index (χ1n) is 6.10. The molecule has 0 amide bonds. The Balaban J connectivity index is 1.94. The maximum atomic E-state index is 5.83. The first-order chi connectivity index (χ1) is 8.31. The smallest absolute Gasteiger partial charge is 0.0700 e. The number of hydrogen-bond donors (Lipinski definition) is 2. The van der Waals surface area contributed by atoms with E-state index >= 15 is 0 Å². The van der Waals surface area contributed by atoms with Gasteiger partial charge in [-0.05, 0) is 24.5 Å². The van der Waals surface area contributed by atoms with Crippen molar-refractivity contribution in [3.63, 3.8) is 0 Å². The predicted octanol–water partition coefficient (Wildman–Crippen LogP) is 2.22. The minimum atomic E-state index is 0.190. The second kappa shape index (κ2) is 6.50. The molecule has 0 radical (unpaired) electrons. The minimum absolute atomic E-state index is 0.190. The molecule has 17 heavy (non-hydrogen) atoms. The standard InChI is InChI=1S/C13H19BrN2O/c14-12-6-2-1-5-11(12)13(8-15)16-9-10-4-3-7-17-10/h1-2,5-6,10,13,16H,3-4,7-9,15H2. The quantitative estimate of drug-likeness (QED) is 0.876. The van der Waals surface area contributed by atoms with Crippen LogP contribution < -0.4 is 11.1 Å². The monoisotopic (exact) mass is 298 g/mol. The average molecular weight is 299 g/mol. The zero-order valence-electron chi connectivity index (χ0n) is 9.86. The van der Waals surface area contributed by atoms with Crippen LogP contribution in [0.15, 0.2) is 28.7 Å². The molecule has 2 rings (SSSR count). The highest BCUT2D eigenvalue weighted by Gasteiger charge is 2.18. The van der Waals surface area contributed by atoms with Crippen LogP contribution in [-0.2, 0) is 4.74 Å². The van der Waals surface area contributed by atoms with Crippen molar-refractivity contribution >= 4 is 15.9 Å². The van der Waals surface area contributed by atoms with Crippen molar-refractivity contribution in [3.8, 4) is 0 Å². The number of rotatable bonds is 5. The first kappa shape index (κ1) is 13.0. The summed E-state index contributed by atoms with van der Waals surface area (Å²) < 4.78 is 6.71. The van der Waals surface area contributed by atoms with Gasteiger partial charge in [0.15, 0.2) is 0 Å². The summed E-state index contributed by atoms with van der Waals surface area (Å²) in [5, 5.41) is 3.49. The minimum Gasteiger partial charge on any atom is -0.377 e. The van der Waals surface area contributed by atoms with Gasteiger partial charge in [0.05, 0.1) is 6.10 Å². The third-order valence-corrected chi connectivity index (χ3v) is 3.85. The van der Waals surface area contributed by atoms with Crippen molar-refractivity contribution in [2.24, 2.45) is 5.73 Å². The van der Waals surface area contributed by atoms with Gasteiger partial charge >= 0.3 is 0 Å². The van der Waals surface area contributed by atoms with E-state index in [0.29, 0.717) is 12.6 Å². The molecule has 2 atom stereocenters. The Hall–Kier alpha value is -0.420. The molecule has 0 spiro atoms. The van der Waals surface area contributed by atoms with Crippen LogP contribution >= 0.6 is 15.9 Å². The van der Waals surface area contributed by atoms with Crippen molar-refractivity contribution < 1.29 is 4.74 Å². The highest BCUT2D eigenvalue weighted by molar-refractivity contribution is 9.10. The fraction of sp³-hybridized carbons (Fsp3) is 0.538. The van der Waals surface area contributed by atoms with Gasteiger partial charge < -0.3 is 15.8 Å². The number of nitrogens with one attached hydrogen (secondary N) is 1. The Morgan fingerprint density at radius 1 is 1.47 bits per heavy atom. The molecule has 0 aliphatic carbocycles. The van der Waals surface area contributed by atoms with E-state index in [4.69, 9.17) is 10.5 Å². The molecule has 3 N–H and O–H groups in total. The van der Waals surface area contributed by atoms with Crippen molar-refractivity contribution in [3.05, 3.63) is 34.3 Å². The highest BCUT2D eigenvalue weighted by atomic mass is 79.9. The molecular weight excluding hydrogens is 280 g/mol. The van der Waals surface area contributed by atoms with Gasteiger partial charge in [0, 0.05) is 30.2 Å². The maximum absolute atomic E-state index is 5.83. The molecule has 3 nitrogen and oxygen atoms in total. The SMILES string of the molecule is NCC(NCC1CCCO1)c1ccccc1Br. The van der Waals surface area contributed by atoms with Gasteiger partial charge in [-0.1, -0.05) is 34.1 Å². The van der Waals surface area contributed by atoms with Crippen LogP contribution in [0.3, 0.4) is 0 Å². The predicted molar refractivity (Wildman–Crippen MR) is 72.9 cm³/mol. The normalized spacial score (nSPS) is 21.6. The third kappa shape index (κ3) is 3.52. The number of halogens is 1. The zero-order valence-corrected chi connectivity index (χ0v) is 11.4. The molecule has 2 unspecified atom stereocenters. The molecule has 0 saturated carbocycles. The lowest BCUT2D eigenvalue weighted by molar-refractivity contribution is 0.107. The fourth-order valence-corrected chi connectivity index (χ4v) is 2.72. The number of benzene rings is 1. The Labute approximate surface area is 111 Å². The molecule has 1 heterocycles. The molecule has 1 fully saturated rings. The molecule has 4 heteroatoms. The highest BCUT2D eigenvalue weighted by Crippen LogP contribution is 2.23. The lowest BCUT2D eigenvalue weighted by Crippen LogP contribution is -2.34. The summed E-state index contributed by atoms with van der Waals surface area (Å²) in [5.41, 5.74) is 7.05. The fourth-order valence-electron chi connectivity index (χ4n) is 2.16. The van der Waals surface area contributed by atoms with Crippen molar-refractivity contribution in [2.45, 2.75) is 25.0 Å². The van der Waals surface area contributed by atoms with E-state index in [0.717, 1.165) is 24.0 Å². The van der Waals surface area contributed by atoms with Crippen LogP contribution in [0.1, 0.15) is 24.4 Å². The van der Waals surface area contributed by atoms with E-state index in [1.807, 2.05) is 18.2 Å². The van der Waals surface area contributed by atoms with Crippen LogP contribution in [0.5, 0.6) is 0 Å². The topological polar surface area (TPSA) is 47.3 Å². The average Bonchev–Trinajstić information content (AvgIpc) is 2.85. The summed E-state index contributed by atoms with van der Waals surface area (Å²) in [6.45, 7) is 2.37. The van der Waals surface area contributed by atoms with E-state index in [-0.39, 0.29) is 6.04 Å². The largest absolute Gasteiger partial charge is 0.377 e. The summed E-state index contributed by atoms with van der Waals surface area (Å²) in [6.07, 6.45) is 2.68. The summed E-state index contributed by atoms with van der Waals surface area (Å²) >= 11 is 3.56. The number of hydrogen-bond acceptors (Lipinski definition) is 3. The van der Waals surface area contributed by atoms with E-state index in [9.17, 15) is 0 Å². The number of nitrogens with two attached hydrogens (primary N) is 1. The van der Waals surface area contributed by atoms with Gasteiger partial charge in [-0.15, -0.1) is 0 Å². The molecule has 0 bridgehead atoms.